The number of amides is 2. The second kappa shape index (κ2) is 7.62. The third kappa shape index (κ3) is 4.32. The van der Waals surface area contributed by atoms with Crippen LogP contribution in [0.25, 0.3) is 0 Å². The van der Waals surface area contributed by atoms with E-state index in [2.05, 4.69) is 23.7 Å². The molecule has 4 nitrogen and oxygen atoms in total. The Bertz CT molecular complexity index is 386. The zero-order valence-electron chi connectivity index (χ0n) is 13.1. The first-order valence-electron chi connectivity index (χ1n) is 8.29. The fourth-order valence-electron chi connectivity index (χ4n) is 3.57. The van der Waals surface area contributed by atoms with E-state index in [-0.39, 0.29) is 17.7 Å². The normalized spacial score (nSPS) is 29.8. The van der Waals surface area contributed by atoms with Crippen LogP contribution in [-0.4, -0.2) is 36.3 Å². The largest absolute Gasteiger partial charge is 0.352 e. The summed E-state index contributed by atoms with van der Waals surface area (Å²) < 4.78 is 0. The summed E-state index contributed by atoms with van der Waals surface area (Å²) in [6.07, 6.45) is 7.45. The number of rotatable bonds is 4. The zero-order chi connectivity index (χ0) is 15.2. The Kier molecular flexibility index (Phi) is 5.83. The molecular weight excluding hydrogens is 264 g/mol. The van der Waals surface area contributed by atoms with Crippen LogP contribution in [0.1, 0.15) is 45.4 Å². The highest BCUT2D eigenvalue weighted by Gasteiger charge is 2.33. The Morgan fingerprint density at radius 1 is 1.19 bits per heavy atom. The van der Waals surface area contributed by atoms with Crippen molar-refractivity contribution in [2.75, 3.05) is 19.6 Å². The van der Waals surface area contributed by atoms with Crippen LogP contribution in [0.4, 0.5) is 0 Å². The topological polar surface area (TPSA) is 49.4 Å². The first-order valence-corrected chi connectivity index (χ1v) is 8.29. The van der Waals surface area contributed by atoms with Gasteiger partial charge in [-0.1, -0.05) is 13.0 Å². The van der Waals surface area contributed by atoms with Crippen LogP contribution < -0.4 is 5.32 Å². The summed E-state index contributed by atoms with van der Waals surface area (Å²) in [5.74, 6) is 1.29. The highest BCUT2D eigenvalue weighted by Crippen LogP contribution is 2.31. The predicted octanol–water partition coefficient (Wildman–Crippen LogP) is 2.35. The van der Waals surface area contributed by atoms with Gasteiger partial charge in [0.05, 0.1) is 0 Å². The maximum Gasteiger partial charge on any atom is 0.225 e. The molecule has 1 saturated carbocycles. The van der Waals surface area contributed by atoms with Crippen LogP contribution in [0.15, 0.2) is 12.7 Å². The van der Waals surface area contributed by atoms with Gasteiger partial charge in [-0.2, -0.15) is 0 Å². The van der Waals surface area contributed by atoms with Crippen molar-refractivity contribution in [1.29, 1.82) is 0 Å². The van der Waals surface area contributed by atoms with Crippen molar-refractivity contribution >= 4 is 11.8 Å². The lowest BCUT2D eigenvalue weighted by atomic mass is 9.80. The van der Waals surface area contributed by atoms with E-state index < -0.39 is 0 Å². The zero-order valence-corrected chi connectivity index (χ0v) is 13.1. The molecule has 0 aromatic carbocycles. The molecule has 2 fully saturated rings. The van der Waals surface area contributed by atoms with Crippen molar-refractivity contribution in [3.63, 3.8) is 0 Å². The van der Waals surface area contributed by atoms with Crippen LogP contribution in [0.5, 0.6) is 0 Å². The summed E-state index contributed by atoms with van der Waals surface area (Å²) in [7, 11) is 0. The molecule has 118 valence electrons. The van der Waals surface area contributed by atoms with E-state index in [1.807, 2.05) is 0 Å². The quantitative estimate of drug-likeness (QED) is 0.809. The van der Waals surface area contributed by atoms with Crippen molar-refractivity contribution in [3.05, 3.63) is 12.7 Å². The lowest BCUT2D eigenvalue weighted by Crippen LogP contribution is -2.44. The highest BCUT2D eigenvalue weighted by molar-refractivity contribution is 5.81. The summed E-state index contributed by atoms with van der Waals surface area (Å²) in [6.45, 7) is 8.19. The van der Waals surface area contributed by atoms with Crippen molar-refractivity contribution in [3.8, 4) is 0 Å². The predicted molar refractivity (Wildman–Crippen MR) is 83.6 cm³/mol. The molecule has 0 radical (unpaired) electrons. The van der Waals surface area contributed by atoms with Gasteiger partial charge in [-0.25, -0.2) is 0 Å². The minimum Gasteiger partial charge on any atom is -0.352 e. The van der Waals surface area contributed by atoms with E-state index >= 15 is 0 Å². The minimum absolute atomic E-state index is 0.0780. The van der Waals surface area contributed by atoms with Crippen LogP contribution in [-0.2, 0) is 9.59 Å². The Hall–Kier alpha value is -1.32. The van der Waals surface area contributed by atoms with Gasteiger partial charge in [-0.15, -0.1) is 6.58 Å². The standard InChI is InChI=1S/C17H28N2O2/c1-3-10-18-16(20)14-6-8-15(9-7-14)17(21)19-11-4-5-13(2)12-19/h3,13-15H,1,4-12H2,2H3,(H,18,20). The molecule has 1 N–H and O–H groups in total. The fourth-order valence-corrected chi connectivity index (χ4v) is 3.57. The maximum absolute atomic E-state index is 12.6. The lowest BCUT2D eigenvalue weighted by Gasteiger charge is -2.35. The number of carbonyl (C=O) groups excluding carboxylic acids is 2. The van der Waals surface area contributed by atoms with Gasteiger partial charge in [-0.3, -0.25) is 9.59 Å². The van der Waals surface area contributed by atoms with Crippen molar-refractivity contribution in [2.24, 2.45) is 17.8 Å². The van der Waals surface area contributed by atoms with Crippen molar-refractivity contribution in [2.45, 2.75) is 45.4 Å². The van der Waals surface area contributed by atoms with Gasteiger partial charge >= 0.3 is 0 Å². The molecule has 0 bridgehead atoms. The number of piperidine rings is 1. The second-order valence-electron chi connectivity index (χ2n) is 6.61. The van der Waals surface area contributed by atoms with E-state index in [0.29, 0.717) is 18.4 Å². The highest BCUT2D eigenvalue weighted by atomic mass is 16.2. The number of hydrogen-bond donors (Lipinski definition) is 1. The maximum atomic E-state index is 12.6. The molecule has 1 atom stereocenters. The molecule has 2 amide bonds. The third-order valence-corrected chi connectivity index (χ3v) is 4.84. The first-order chi connectivity index (χ1) is 10.1. The first kappa shape index (κ1) is 16.1. The SMILES string of the molecule is C=CCNC(=O)C1CCC(C(=O)N2CCCC(C)C2)CC1. The van der Waals surface area contributed by atoms with E-state index in [0.717, 1.165) is 45.2 Å². The van der Waals surface area contributed by atoms with E-state index in [4.69, 9.17) is 0 Å². The van der Waals surface area contributed by atoms with Crippen LogP contribution in [0.3, 0.4) is 0 Å². The van der Waals surface area contributed by atoms with Gasteiger partial charge < -0.3 is 10.2 Å². The molecule has 0 aromatic heterocycles. The summed E-state index contributed by atoms with van der Waals surface area (Å²) in [5, 5.41) is 2.86. The molecule has 0 aromatic rings. The summed E-state index contributed by atoms with van der Waals surface area (Å²) >= 11 is 0. The fraction of sp³-hybridized carbons (Fsp3) is 0.765. The van der Waals surface area contributed by atoms with Gasteiger partial charge in [0.2, 0.25) is 11.8 Å². The monoisotopic (exact) mass is 292 g/mol. The molecule has 1 saturated heterocycles. The molecule has 1 aliphatic heterocycles. The molecule has 2 aliphatic rings. The number of nitrogens with one attached hydrogen (secondary N) is 1. The summed E-state index contributed by atoms with van der Waals surface area (Å²) in [4.78, 5) is 26.5. The van der Waals surface area contributed by atoms with Gasteiger partial charge in [0.1, 0.15) is 0 Å². The van der Waals surface area contributed by atoms with Crippen LogP contribution >= 0.6 is 0 Å². The summed E-state index contributed by atoms with van der Waals surface area (Å²) in [6, 6.07) is 0. The molecular formula is C17H28N2O2. The van der Waals surface area contributed by atoms with Gasteiger partial charge in [0, 0.05) is 31.5 Å². The second-order valence-corrected chi connectivity index (χ2v) is 6.61. The number of hydrogen-bond acceptors (Lipinski definition) is 2. The average Bonchev–Trinajstić information content (AvgIpc) is 2.52. The Balaban J connectivity index is 1.79. The van der Waals surface area contributed by atoms with Gasteiger partial charge in [-0.05, 0) is 44.4 Å². The lowest BCUT2D eigenvalue weighted by molar-refractivity contribution is -0.139. The van der Waals surface area contributed by atoms with Crippen molar-refractivity contribution < 1.29 is 9.59 Å². The smallest absolute Gasteiger partial charge is 0.225 e. The molecule has 1 unspecified atom stereocenters. The van der Waals surface area contributed by atoms with E-state index in [9.17, 15) is 9.59 Å². The Labute approximate surface area is 128 Å². The van der Waals surface area contributed by atoms with Gasteiger partial charge in [0.25, 0.3) is 0 Å². The number of nitrogens with zero attached hydrogens (tertiary/aromatic N) is 1. The number of likely N-dealkylation sites (tertiary alicyclic amines) is 1. The van der Waals surface area contributed by atoms with E-state index in [1.54, 1.807) is 6.08 Å². The molecule has 1 aliphatic carbocycles. The Morgan fingerprint density at radius 2 is 1.86 bits per heavy atom. The van der Waals surface area contributed by atoms with Crippen molar-refractivity contribution in [1.82, 2.24) is 10.2 Å². The molecule has 1 heterocycles. The summed E-state index contributed by atoms with van der Waals surface area (Å²) in [5.41, 5.74) is 0. The third-order valence-electron chi connectivity index (χ3n) is 4.84. The van der Waals surface area contributed by atoms with Gasteiger partial charge in [0.15, 0.2) is 0 Å². The number of carbonyl (C=O) groups is 2. The van der Waals surface area contributed by atoms with E-state index in [1.165, 1.54) is 6.42 Å². The van der Waals surface area contributed by atoms with Crippen LogP contribution in [0.2, 0.25) is 0 Å². The minimum atomic E-state index is 0.0780. The average molecular weight is 292 g/mol. The molecule has 21 heavy (non-hydrogen) atoms. The molecule has 4 heteroatoms. The molecule has 0 spiro atoms. The van der Waals surface area contributed by atoms with Crippen LogP contribution in [0, 0.1) is 17.8 Å². The molecule has 2 rings (SSSR count). The Morgan fingerprint density at radius 3 is 2.48 bits per heavy atom.